The van der Waals surface area contributed by atoms with Crippen molar-refractivity contribution in [1.82, 2.24) is 10.3 Å². The van der Waals surface area contributed by atoms with Crippen LogP contribution in [0.5, 0.6) is 0 Å². The van der Waals surface area contributed by atoms with Crippen molar-refractivity contribution in [2.24, 2.45) is 0 Å². The third-order valence-electron chi connectivity index (χ3n) is 3.35. The summed E-state index contributed by atoms with van der Waals surface area (Å²) in [6.07, 6.45) is 0.940. The van der Waals surface area contributed by atoms with Crippen molar-refractivity contribution in [3.63, 3.8) is 0 Å². The monoisotopic (exact) mass is 270 g/mol. The molecule has 1 N–H and O–H groups in total. The Labute approximate surface area is 115 Å². The average molecular weight is 270 g/mol. The van der Waals surface area contributed by atoms with Gasteiger partial charge in [0.2, 0.25) is 0 Å². The molecule has 104 valence electrons. The molecular formula is C14H26N2OS. The van der Waals surface area contributed by atoms with E-state index in [2.05, 4.69) is 45.3 Å². The van der Waals surface area contributed by atoms with E-state index in [1.807, 2.05) is 6.92 Å². The van der Waals surface area contributed by atoms with E-state index in [4.69, 9.17) is 9.72 Å². The molecule has 0 aliphatic heterocycles. The topological polar surface area (TPSA) is 34.1 Å². The molecular weight excluding hydrogens is 244 g/mol. The van der Waals surface area contributed by atoms with Crippen LogP contribution in [0.1, 0.15) is 58.7 Å². The van der Waals surface area contributed by atoms with Crippen molar-refractivity contribution in [2.45, 2.75) is 59.1 Å². The Bertz CT molecular complexity index is 376. The van der Waals surface area contributed by atoms with Crippen LogP contribution in [0.2, 0.25) is 0 Å². The second kappa shape index (κ2) is 6.13. The van der Waals surface area contributed by atoms with E-state index < -0.39 is 0 Å². The van der Waals surface area contributed by atoms with Crippen LogP contribution in [0.4, 0.5) is 0 Å². The Hall–Kier alpha value is -0.450. The van der Waals surface area contributed by atoms with Crippen molar-refractivity contribution in [1.29, 1.82) is 0 Å². The van der Waals surface area contributed by atoms with Crippen LogP contribution in [-0.4, -0.2) is 18.1 Å². The summed E-state index contributed by atoms with van der Waals surface area (Å²) in [5.41, 5.74) is 0.772. The number of hydrogen-bond acceptors (Lipinski definition) is 4. The Balaban J connectivity index is 2.98. The molecule has 0 aliphatic carbocycles. The third kappa shape index (κ3) is 3.31. The maximum atomic E-state index is 5.88. The van der Waals surface area contributed by atoms with E-state index in [0.29, 0.717) is 0 Å². The van der Waals surface area contributed by atoms with Gasteiger partial charge in [-0.2, -0.15) is 0 Å². The number of aromatic nitrogens is 1. The first-order chi connectivity index (χ1) is 8.39. The second-order valence-corrected chi connectivity index (χ2v) is 6.07. The molecule has 1 atom stereocenters. The fourth-order valence-electron chi connectivity index (χ4n) is 1.97. The summed E-state index contributed by atoms with van der Waals surface area (Å²) < 4.78 is 5.88. The number of nitrogens with one attached hydrogen (secondary N) is 1. The highest BCUT2D eigenvalue weighted by Gasteiger charge is 2.31. The van der Waals surface area contributed by atoms with Crippen molar-refractivity contribution in [3.05, 3.63) is 16.1 Å². The number of rotatable bonds is 7. The van der Waals surface area contributed by atoms with Crippen LogP contribution >= 0.6 is 11.3 Å². The molecule has 1 unspecified atom stereocenters. The lowest BCUT2D eigenvalue weighted by Crippen LogP contribution is -2.36. The first-order valence-corrected chi connectivity index (χ1v) is 7.63. The van der Waals surface area contributed by atoms with Crippen molar-refractivity contribution >= 4 is 11.3 Å². The Morgan fingerprint density at radius 3 is 2.44 bits per heavy atom. The van der Waals surface area contributed by atoms with E-state index in [-0.39, 0.29) is 11.1 Å². The van der Waals surface area contributed by atoms with Gasteiger partial charge in [0, 0.05) is 12.0 Å². The Kier molecular flexibility index (Phi) is 5.32. The van der Waals surface area contributed by atoms with Crippen LogP contribution in [0.25, 0.3) is 0 Å². The zero-order valence-electron chi connectivity index (χ0n) is 12.5. The second-order valence-electron chi connectivity index (χ2n) is 5.21. The zero-order chi connectivity index (χ0) is 13.8. The predicted octanol–water partition coefficient (Wildman–Crippen LogP) is 3.65. The number of ether oxygens (including phenoxy) is 1. The minimum absolute atomic E-state index is 0.0790. The molecule has 0 aromatic carbocycles. The summed E-state index contributed by atoms with van der Waals surface area (Å²) in [6.45, 7) is 14.4. The summed E-state index contributed by atoms with van der Waals surface area (Å²) >= 11 is 1.70. The van der Waals surface area contributed by atoms with Gasteiger partial charge in [0.1, 0.15) is 10.6 Å². The SMILES string of the molecule is CCNC(C)(C)c1csc(C(C)(CC)OCC)n1. The Morgan fingerprint density at radius 2 is 1.94 bits per heavy atom. The molecule has 4 heteroatoms. The smallest absolute Gasteiger partial charge is 0.125 e. The third-order valence-corrected chi connectivity index (χ3v) is 4.44. The first kappa shape index (κ1) is 15.6. The summed E-state index contributed by atoms with van der Waals surface area (Å²) in [6, 6.07) is 0. The van der Waals surface area contributed by atoms with E-state index in [1.54, 1.807) is 11.3 Å². The van der Waals surface area contributed by atoms with E-state index in [0.717, 1.165) is 30.3 Å². The van der Waals surface area contributed by atoms with Crippen LogP contribution in [0, 0.1) is 0 Å². The minimum atomic E-state index is -0.250. The van der Waals surface area contributed by atoms with Gasteiger partial charge in [0.15, 0.2) is 0 Å². The molecule has 0 radical (unpaired) electrons. The maximum Gasteiger partial charge on any atom is 0.125 e. The fraction of sp³-hybridized carbons (Fsp3) is 0.786. The molecule has 0 amide bonds. The molecule has 1 aromatic heterocycles. The number of hydrogen-bond donors (Lipinski definition) is 1. The molecule has 1 rings (SSSR count). The summed E-state index contributed by atoms with van der Waals surface area (Å²) in [7, 11) is 0. The predicted molar refractivity (Wildman–Crippen MR) is 78.1 cm³/mol. The Morgan fingerprint density at radius 1 is 1.28 bits per heavy atom. The van der Waals surface area contributed by atoms with Crippen molar-refractivity contribution < 1.29 is 4.74 Å². The lowest BCUT2D eigenvalue weighted by Gasteiger charge is -2.27. The van der Waals surface area contributed by atoms with Crippen molar-refractivity contribution in [3.8, 4) is 0 Å². The molecule has 0 bridgehead atoms. The largest absolute Gasteiger partial charge is 0.368 e. The molecule has 1 heterocycles. The molecule has 0 spiro atoms. The summed E-state index contributed by atoms with van der Waals surface area (Å²) in [5.74, 6) is 0. The van der Waals surface area contributed by atoms with Gasteiger partial charge in [-0.1, -0.05) is 13.8 Å². The molecule has 3 nitrogen and oxygen atoms in total. The normalized spacial score (nSPS) is 15.7. The van der Waals surface area contributed by atoms with Crippen molar-refractivity contribution in [2.75, 3.05) is 13.2 Å². The van der Waals surface area contributed by atoms with Gasteiger partial charge >= 0.3 is 0 Å². The average Bonchev–Trinajstić information content (AvgIpc) is 2.79. The molecule has 0 saturated carbocycles. The number of thiazole rings is 1. The van der Waals surface area contributed by atoms with Gasteiger partial charge in [-0.05, 0) is 40.7 Å². The highest BCUT2D eigenvalue weighted by molar-refractivity contribution is 7.09. The first-order valence-electron chi connectivity index (χ1n) is 6.75. The molecule has 1 aromatic rings. The minimum Gasteiger partial charge on any atom is -0.368 e. The molecule has 0 fully saturated rings. The highest BCUT2D eigenvalue weighted by atomic mass is 32.1. The fourth-order valence-corrected chi connectivity index (χ4v) is 3.14. The van der Waals surface area contributed by atoms with Gasteiger partial charge in [-0.15, -0.1) is 11.3 Å². The van der Waals surface area contributed by atoms with Crippen LogP contribution < -0.4 is 5.32 Å². The lowest BCUT2D eigenvalue weighted by atomic mass is 10.0. The zero-order valence-corrected chi connectivity index (χ0v) is 13.3. The number of nitrogens with zero attached hydrogens (tertiary/aromatic N) is 1. The standard InChI is InChI=1S/C14H26N2OS/c1-7-14(6,17-9-3)12-16-11(10-18-12)13(4,5)15-8-2/h10,15H,7-9H2,1-6H3. The highest BCUT2D eigenvalue weighted by Crippen LogP contribution is 2.33. The molecule has 18 heavy (non-hydrogen) atoms. The quantitative estimate of drug-likeness (QED) is 0.821. The van der Waals surface area contributed by atoms with Crippen LogP contribution in [0.3, 0.4) is 0 Å². The lowest BCUT2D eigenvalue weighted by molar-refractivity contribution is -0.0326. The van der Waals surface area contributed by atoms with Gasteiger partial charge in [0.05, 0.1) is 11.2 Å². The van der Waals surface area contributed by atoms with E-state index >= 15 is 0 Å². The summed E-state index contributed by atoms with van der Waals surface area (Å²) in [5, 5.41) is 6.68. The van der Waals surface area contributed by atoms with Gasteiger partial charge in [0.25, 0.3) is 0 Å². The van der Waals surface area contributed by atoms with Gasteiger partial charge in [-0.3, -0.25) is 0 Å². The molecule has 0 saturated heterocycles. The summed E-state index contributed by atoms with van der Waals surface area (Å²) in [4.78, 5) is 4.79. The van der Waals surface area contributed by atoms with Crippen LogP contribution in [0.15, 0.2) is 5.38 Å². The van der Waals surface area contributed by atoms with Gasteiger partial charge in [-0.25, -0.2) is 4.98 Å². The van der Waals surface area contributed by atoms with E-state index in [9.17, 15) is 0 Å². The van der Waals surface area contributed by atoms with Gasteiger partial charge < -0.3 is 10.1 Å². The van der Waals surface area contributed by atoms with Crippen LogP contribution in [-0.2, 0) is 15.9 Å². The maximum absolute atomic E-state index is 5.88. The van der Waals surface area contributed by atoms with E-state index in [1.165, 1.54) is 0 Å². The molecule has 0 aliphatic rings.